The van der Waals surface area contributed by atoms with Crippen LogP contribution in [0.1, 0.15) is 380 Å². The fourth-order valence-corrected chi connectivity index (χ4v) is 10.8. The van der Waals surface area contributed by atoms with E-state index in [-0.39, 0.29) is 31.1 Å². The zero-order chi connectivity index (χ0) is 59.9. The summed E-state index contributed by atoms with van der Waals surface area (Å²) in [5.41, 5.74) is 0. The normalized spacial score (nSPS) is 12.5. The van der Waals surface area contributed by atoms with Gasteiger partial charge in [0.1, 0.15) is 13.2 Å². The topological polar surface area (TPSA) is 78.9 Å². The minimum absolute atomic E-state index is 0.0707. The van der Waals surface area contributed by atoms with Gasteiger partial charge in [-0.2, -0.15) is 0 Å². The summed E-state index contributed by atoms with van der Waals surface area (Å²) in [6.07, 6.45) is 93.8. The van der Waals surface area contributed by atoms with Gasteiger partial charge < -0.3 is 14.2 Å². The van der Waals surface area contributed by atoms with Crippen molar-refractivity contribution in [1.29, 1.82) is 0 Å². The van der Waals surface area contributed by atoms with Crippen LogP contribution < -0.4 is 0 Å². The van der Waals surface area contributed by atoms with Crippen molar-refractivity contribution >= 4 is 17.9 Å². The Hall–Kier alpha value is -3.15. The zero-order valence-electron chi connectivity index (χ0n) is 55.5. The molecule has 1 atom stereocenters. The van der Waals surface area contributed by atoms with E-state index >= 15 is 0 Å². The van der Waals surface area contributed by atoms with E-state index in [9.17, 15) is 14.4 Å². The molecule has 83 heavy (non-hydrogen) atoms. The summed E-state index contributed by atoms with van der Waals surface area (Å²) in [7, 11) is 0. The summed E-state index contributed by atoms with van der Waals surface area (Å²) in [6, 6.07) is 0. The van der Waals surface area contributed by atoms with Crippen molar-refractivity contribution in [3.8, 4) is 0 Å². The minimum atomic E-state index is -0.774. The van der Waals surface area contributed by atoms with Crippen LogP contribution in [0.25, 0.3) is 0 Å². The number of hydrogen-bond donors (Lipinski definition) is 0. The van der Waals surface area contributed by atoms with Gasteiger partial charge in [-0.25, -0.2) is 0 Å². The minimum Gasteiger partial charge on any atom is -0.462 e. The van der Waals surface area contributed by atoms with Crippen LogP contribution in [0, 0.1) is 0 Å². The van der Waals surface area contributed by atoms with Gasteiger partial charge in [-0.15, -0.1) is 0 Å². The van der Waals surface area contributed by atoms with E-state index in [2.05, 4.69) is 93.7 Å². The van der Waals surface area contributed by atoms with E-state index in [1.165, 1.54) is 250 Å². The molecule has 6 heteroatoms. The Balaban J connectivity index is 4.12. The highest BCUT2D eigenvalue weighted by Crippen LogP contribution is 2.18. The fourth-order valence-electron chi connectivity index (χ4n) is 10.8. The molecule has 482 valence electrons. The second kappa shape index (κ2) is 71.3. The van der Waals surface area contributed by atoms with Crippen LogP contribution in [0.5, 0.6) is 0 Å². The maximum Gasteiger partial charge on any atom is 0.306 e. The molecule has 0 aliphatic carbocycles. The summed E-state index contributed by atoms with van der Waals surface area (Å²) >= 11 is 0. The Morgan fingerprint density at radius 1 is 0.253 bits per heavy atom. The van der Waals surface area contributed by atoms with Crippen LogP contribution in [-0.2, 0) is 28.6 Å². The largest absolute Gasteiger partial charge is 0.462 e. The van der Waals surface area contributed by atoms with Gasteiger partial charge in [0.15, 0.2) is 6.10 Å². The maximum absolute atomic E-state index is 12.9. The van der Waals surface area contributed by atoms with Crippen molar-refractivity contribution in [2.24, 2.45) is 0 Å². The molecule has 0 aromatic heterocycles. The smallest absolute Gasteiger partial charge is 0.306 e. The highest BCUT2D eigenvalue weighted by molar-refractivity contribution is 5.71. The molecule has 0 N–H and O–H groups in total. The van der Waals surface area contributed by atoms with Crippen LogP contribution in [0.3, 0.4) is 0 Å². The van der Waals surface area contributed by atoms with Gasteiger partial charge >= 0.3 is 17.9 Å². The van der Waals surface area contributed by atoms with Crippen molar-refractivity contribution in [2.75, 3.05) is 13.2 Å². The number of unbranched alkanes of at least 4 members (excludes halogenated alkanes) is 44. The van der Waals surface area contributed by atoms with E-state index in [1.807, 2.05) is 0 Å². The summed E-state index contributed by atoms with van der Waals surface area (Å²) in [4.78, 5) is 38.4. The molecule has 0 aromatic carbocycles. The number of carbonyl (C=O) groups excluding carboxylic acids is 3. The quantitative estimate of drug-likeness (QED) is 0.0261. The van der Waals surface area contributed by atoms with Crippen LogP contribution in [0.4, 0.5) is 0 Å². The lowest BCUT2D eigenvalue weighted by atomic mass is 10.0. The molecule has 0 amide bonds. The Morgan fingerprint density at radius 3 is 0.735 bits per heavy atom. The number of ether oxygens (including phenoxy) is 3. The summed E-state index contributed by atoms with van der Waals surface area (Å²) < 4.78 is 17.0. The van der Waals surface area contributed by atoms with E-state index in [1.54, 1.807) is 0 Å². The number of carbonyl (C=O) groups is 3. The Bertz CT molecular complexity index is 1520. The molecule has 0 heterocycles. The lowest BCUT2D eigenvalue weighted by Crippen LogP contribution is -2.30. The maximum atomic E-state index is 12.9. The van der Waals surface area contributed by atoms with Crippen LogP contribution in [0.15, 0.2) is 72.9 Å². The highest BCUT2D eigenvalue weighted by Gasteiger charge is 2.19. The monoisotopic (exact) mass is 1160 g/mol. The summed E-state index contributed by atoms with van der Waals surface area (Å²) in [5, 5.41) is 0. The fraction of sp³-hybridized carbons (Fsp3) is 0.805. The van der Waals surface area contributed by atoms with Crippen molar-refractivity contribution in [3.63, 3.8) is 0 Å². The third-order valence-corrected chi connectivity index (χ3v) is 16.2. The number of esters is 3. The van der Waals surface area contributed by atoms with Gasteiger partial charge in [0.05, 0.1) is 0 Å². The van der Waals surface area contributed by atoms with Crippen LogP contribution >= 0.6 is 0 Å². The van der Waals surface area contributed by atoms with Crippen molar-refractivity contribution in [2.45, 2.75) is 386 Å². The lowest BCUT2D eigenvalue weighted by molar-refractivity contribution is -0.167. The van der Waals surface area contributed by atoms with Crippen LogP contribution in [-0.4, -0.2) is 37.2 Å². The second-order valence-electron chi connectivity index (χ2n) is 24.5. The molecule has 0 spiro atoms. The Morgan fingerprint density at radius 2 is 0.470 bits per heavy atom. The molecule has 0 aliphatic heterocycles. The molecule has 0 aliphatic rings. The molecule has 1 unspecified atom stereocenters. The number of hydrogen-bond acceptors (Lipinski definition) is 6. The van der Waals surface area contributed by atoms with Crippen molar-refractivity contribution in [3.05, 3.63) is 72.9 Å². The molecule has 0 fully saturated rings. The van der Waals surface area contributed by atoms with Gasteiger partial charge in [0.25, 0.3) is 0 Å². The molecule has 0 rings (SSSR count). The van der Waals surface area contributed by atoms with Crippen LogP contribution in [0.2, 0.25) is 0 Å². The first-order chi connectivity index (χ1) is 41.0. The molecule has 6 nitrogen and oxygen atoms in total. The van der Waals surface area contributed by atoms with E-state index < -0.39 is 6.10 Å². The first-order valence-electron chi connectivity index (χ1n) is 36.4. The standard InChI is InChI=1S/C77H138O6/c1-4-7-10-13-16-19-22-24-26-28-30-32-33-34-35-36-37-38-39-40-41-42-43-45-46-48-50-52-55-58-61-64-67-70-76(79)82-73-74(72-81-75(78)69-66-63-60-57-54-21-18-15-12-9-6-3)83-77(80)71-68-65-62-59-56-53-51-49-47-44-31-29-27-25-23-20-17-14-11-8-5-2/h7,10,16,19,23-26,29-32,74H,4-6,8-9,11-15,17-18,20-22,27-28,33-73H2,1-3H3/b10-7-,19-16-,25-23-,26-24-,31-29-,32-30-. The number of rotatable bonds is 67. The van der Waals surface area contributed by atoms with E-state index in [0.29, 0.717) is 19.3 Å². The molecular weight excluding hydrogens is 1020 g/mol. The first-order valence-corrected chi connectivity index (χ1v) is 36.4. The van der Waals surface area contributed by atoms with Crippen molar-refractivity contribution < 1.29 is 28.6 Å². The SMILES string of the molecule is CC/C=C\C/C=C\C/C=C\C/C=C\CCCCCCCCCCCCCCCCCCCCCCC(=O)OCC(COC(=O)CCCCCCCCCCCCC)OC(=O)CCCCCCCCCCC/C=C\C/C=C\CCCCCCC. The summed E-state index contributed by atoms with van der Waals surface area (Å²) in [6.45, 7) is 6.56. The van der Waals surface area contributed by atoms with Gasteiger partial charge in [-0.05, 0) is 89.9 Å². The molecule has 0 saturated carbocycles. The highest BCUT2D eigenvalue weighted by atomic mass is 16.6. The Labute approximate surface area is 516 Å². The predicted molar refractivity (Wildman–Crippen MR) is 362 cm³/mol. The number of allylic oxidation sites excluding steroid dienone is 12. The third-order valence-electron chi connectivity index (χ3n) is 16.2. The molecular formula is C77H138O6. The van der Waals surface area contributed by atoms with Gasteiger partial charge in [-0.3, -0.25) is 14.4 Å². The van der Waals surface area contributed by atoms with Gasteiger partial charge in [0, 0.05) is 19.3 Å². The predicted octanol–water partition coefficient (Wildman–Crippen LogP) is 25.2. The van der Waals surface area contributed by atoms with Gasteiger partial charge in [0.2, 0.25) is 0 Å². The molecule has 0 radical (unpaired) electrons. The molecule has 0 bridgehead atoms. The average Bonchev–Trinajstić information content (AvgIpc) is 3.48. The zero-order valence-corrected chi connectivity index (χ0v) is 55.5. The van der Waals surface area contributed by atoms with E-state index in [0.717, 1.165) is 89.9 Å². The van der Waals surface area contributed by atoms with Gasteiger partial charge in [-0.1, -0.05) is 344 Å². The van der Waals surface area contributed by atoms with E-state index in [4.69, 9.17) is 14.2 Å². The first kappa shape index (κ1) is 79.8. The Kier molecular flexibility index (Phi) is 68.6. The summed E-state index contributed by atoms with van der Waals surface area (Å²) in [5.74, 6) is -0.851. The second-order valence-corrected chi connectivity index (χ2v) is 24.5. The molecule has 0 saturated heterocycles. The average molecular weight is 1160 g/mol. The van der Waals surface area contributed by atoms with Crippen molar-refractivity contribution in [1.82, 2.24) is 0 Å². The molecule has 0 aromatic rings. The lowest BCUT2D eigenvalue weighted by Gasteiger charge is -2.18. The third kappa shape index (κ3) is 69.5.